The number of aliphatic carboxylic acids is 1. The number of aromatic nitrogens is 2. The molecule has 3 aromatic rings. The van der Waals surface area contributed by atoms with Gasteiger partial charge in [-0.15, -0.1) is 0 Å². The lowest BCUT2D eigenvalue weighted by Crippen LogP contribution is -2.44. The summed E-state index contributed by atoms with van der Waals surface area (Å²) in [4.78, 5) is 36.6. The third kappa shape index (κ3) is 7.24. The van der Waals surface area contributed by atoms with Crippen molar-refractivity contribution in [3.05, 3.63) is 76.3 Å². The topological polar surface area (TPSA) is 121 Å². The van der Waals surface area contributed by atoms with Crippen molar-refractivity contribution in [3.63, 3.8) is 0 Å². The highest BCUT2D eigenvalue weighted by Gasteiger charge is 2.37. The standard InChI is InChI=1S/C27H29ClFN3O5/c1-4-37-15-27(3,26(35)36)14-20(30-25(34)24-13-23(16(2)33)31-32-24)11-17-5-7-18(8-6-17)21-12-19(28)9-10-22(21)29/h5-10,12-13,20H,4,11,14-15H2,1-3H3,(H,30,34)(H,31,32)(H,35,36)/t20-,27?/m1/s1. The summed E-state index contributed by atoms with van der Waals surface area (Å²) in [6.45, 7) is 5.00. The zero-order valence-electron chi connectivity index (χ0n) is 20.8. The van der Waals surface area contributed by atoms with E-state index < -0.39 is 29.2 Å². The second-order valence-corrected chi connectivity index (χ2v) is 9.56. The number of carbonyl (C=O) groups excluding carboxylic acids is 2. The molecule has 196 valence electrons. The molecule has 10 heteroatoms. The van der Waals surface area contributed by atoms with Gasteiger partial charge >= 0.3 is 5.97 Å². The van der Waals surface area contributed by atoms with E-state index in [0.717, 1.165) is 5.56 Å². The number of ketones is 1. The van der Waals surface area contributed by atoms with Gasteiger partial charge in [0.1, 0.15) is 17.2 Å². The van der Waals surface area contributed by atoms with E-state index in [2.05, 4.69) is 15.5 Å². The van der Waals surface area contributed by atoms with E-state index in [1.165, 1.54) is 25.1 Å². The number of nitrogens with zero attached hydrogens (tertiary/aromatic N) is 1. The zero-order valence-corrected chi connectivity index (χ0v) is 21.6. The highest BCUT2D eigenvalue weighted by atomic mass is 35.5. The van der Waals surface area contributed by atoms with E-state index in [9.17, 15) is 23.9 Å². The van der Waals surface area contributed by atoms with Gasteiger partial charge in [-0.05, 0) is 62.1 Å². The van der Waals surface area contributed by atoms with Gasteiger partial charge < -0.3 is 15.2 Å². The van der Waals surface area contributed by atoms with Crippen LogP contribution in [0.2, 0.25) is 5.02 Å². The first-order valence-corrected chi connectivity index (χ1v) is 12.1. The molecular weight excluding hydrogens is 501 g/mol. The number of nitrogens with one attached hydrogen (secondary N) is 2. The van der Waals surface area contributed by atoms with Crippen LogP contribution in [0.4, 0.5) is 4.39 Å². The van der Waals surface area contributed by atoms with Crippen LogP contribution in [0.25, 0.3) is 11.1 Å². The van der Waals surface area contributed by atoms with Gasteiger partial charge in [0.25, 0.3) is 5.91 Å². The molecule has 3 rings (SSSR count). The number of amides is 1. The normalized spacial score (nSPS) is 13.5. The Labute approximate surface area is 219 Å². The van der Waals surface area contributed by atoms with E-state index in [-0.39, 0.29) is 30.2 Å². The Morgan fingerprint density at radius 3 is 2.49 bits per heavy atom. The summed E-state index contributed by atoms with van der Waals surface area (Å²) in [7, 11) is 0. The first-order chi connectivity index (χ1) is 17.5. The van der Waals surface area contributed by atoms with Crippen molar-refractivity contribution in [2.24, 2.45) is 5.41 Å². The molecule has 1 aromatic heterocycles. The van der Waals surface area contributed by atoms with E-state index >= 15 is 0 Å². The summed E-state index contributed by atoms with van der Waals surface area (Å²) in [5.41, 5.74) is 0.733. The molecule has 8 nitrogen and oxygen atoms in total. The van der Waals surface area contributed by atoms with Crippen molar-refractivity contribution >= 4 is 29.3 Å². The fraction of sp³-hybridized carbons (Fsp3) is 0.333. The van der Waals surface area contributed by atoms with Gasteiger partial charge in [0.2, 0.25) is 0 Å². The Morgan fingerprint density at radius 2 is 1.89 bits per heavy atom. The smallest absolute Gasteiger partial charge is 0.311 e. The molecule has 1 unspecified atom stereocenters. The molecule has 0 aliphatic carbocycles. The van der Waals surface area contributed by atoms with E-state index in [0.29, 0.717) is 29.2 Å². The number of carbonyl (C=O) groups is 3. The Hall–Kier alpha value is -3.56. The van der Waals surface area contributed by atoms with Crippen LogP contribution >= 0.6 is 11.6 Å². The molecule has 0 saturated heterocycles. The maximum atomic E-state index is 14.3. The largest absolute Gasteiger partial charge is 0.481 e. The monoisotopic (exact) mass is 529 g/mol. The Kier molecular flexibility index (Phi) is 9.18. The van der Waals surface area contributed by atoms with Crippen molar-refractivity contribution in [1.29, 1.82) is 0 Å². The molecule has 3 N–H and O–H groups in total. The summed E-state index contributed by atoms with van der Waals surface area (Å²) in [5, 5.41) is 19.6. The van der Waals surface area contributed by atoms with Crippen molar-refractivity contribution < 1.29 is 28.6 Å². The first kappa shape index (κ1) is 28.0. The van der Waals surface area contributed by atoms with Crippen molar-refractivity contribution in [3.8, 4) is 11.1 Å². The van der Waals surface area contributed by atoms with Crippen molar-refractivity contribution in [2.45, 2.75) is 39.7 Å². The second kappa shape index (κ2) is 12.1. The van der Waals surface area contributed by atoms with E-state index in [1.807, 2.05) is 0 Å². The molecule has 1 heterocycles. The fourth-order valence-corrected chi connectivity index (χ4v) is 4.13. The zero-order chi connectivity index (χ0) is 27.2. The molecule has 0 aliphatic heterocycles. The van der Waals surface area contributed by atoms with Crippen LogP contribution < -0.4 is 5.32 Å². The van der Waals surface area contributed by atoms with Gasteiger partial charge in [-0.2, -0.15) is 5.10 Å². The maximum absolute atomic E-state index is 14.3. The number of benzene rings is 2. The minimum atomic E-state index is -1.27. The van der Waals surface area contributed by atoms with E-state index in [4.69, 9.17) is 16.3 Å². The molecule has 37 heavy (non-hydrogen) atoms. The number of H-pyrrole nitrogens is 1. The average molecular weight is 530 g/mol. The minimum absolute atomic E-state index is 0.0310. The van der Waals surface area contributed by atoms with E-state index in [1.54, 1.807) is 44.2 Å². The fourth-order valence-electron chi connectivity index (χ4n) is 3.96. The second-order valence-electron chi connectivity index (χ2n) is 9.13. The molecule has 2 atom stereocenters. The summed E-state index contributed by atoms with van der Waals surface area (Å²) in [6, 6.07) is 12.1. The summed E-state index contributed by atoms with van der Waals surface area (Å²) in [6.07, 6.45) is 0.374. The van der Waals surface area contributed by atoms with Gasteiger partial charge in [0, 0.05) is 30.2 Å². The molecule has 1 amide bonds. The molecule has 0 radical (unpaired) electrons. The first-order valence-electron chi connectivity index (χ1n) is 11.7. The lowest BCUT2D eigenvalue weighted by molar-refractivity contribution is -0.152. The maximum Gasteiger partial charge on any atom is 0.311 e. The minimum Gasteiger partial charge on any atom is -0.481 e. The third-order valence-electron chi connectivity index (χ3n) is 6.03. The average Bonchev–Trinajstić information content (AvgIpc) is 3.36. The summed E-state index contributed by atoms with van der Waals surface area (Å²) in [5.74, 6) is -2.27. The molecule has 0 spiro atoms. The number of halogens is 2. The van der Waals surface area contributed by atoms with Gasteiger partial charge in [-0.25, -0.2) is 4.39 Å². The summed E-state index contributed by atoms with van der Waals surface area (Å²) < 4.78 is 19.7. The molecule has 0 fully saturated rings. The number of rotatable bonds is 12. The number of aromatic amines is 1. The molecule has 2 aromatic carbocycles. The third-order valence-corrected chi connectivity index (χ3v) is 6.27. The van der Waals surface area contributed by atoms with Crippen LogP contribution in [0.15, 0.2) is 48.5 Å². The lowest BCUT2D eigenvalue weighted by atomic mass is 9.82. The Balaban J connectivity index is 1.86. The Morgan fingerprint density at radius 1 is 1.19 bits per heavy atom. The number of carboxylic acids is 1. The van der Waals surface area contributed by atoms with Gasteiger partial charge in [-0.3, -0.25) is 19.5 Å². The highest BCUT2D eigenvalue weighted by molar-refractivity contribution is 6.30. The predicted molar refractivity (Wildman–Crippen MR) is 137 cm³/mol. The highest BCUT2D eigenvalue weighted by Crippen LogP contribution is 2.29. The molecular formula is C27H29ClFN3O5. The predicted octanol–water partition coefficient (Wildman–Crippen LogP) is 4.93. The number of ether oxygens (including phenoxy) is 1. The summed E-state index contributed by atoms with van der Waals surface area (Å²) >= 11 is 6.02. The molecule has 0 aliphatic rings. The lowest BCUT2D eigenvalue weighted by Gasteiger charge is -2.30. The Bertz CT molecular complexity index is 1280. The number of hydrogen-bond acceptors (Lipinski definition) is 5. The van der Waals surface area contributed by atoms with Crippen LogP contribution in [0.3, 0.4) is 0 Å². The quantitative estimate of drug-likeness (QED) is 0.286. The van der Waals surface area contributed by atoms with Crippen LogP contribution in [0.1, 0.15) is 53.7 Å². The van der Waals surface area contributed by atoms with Gasteiger partial charge in [0.15, 0.2) is 5.78 Å². The van der Waals surface area contributed by atoms with Crippen LogP contribution in [-0.4, -0.2) is 52.2 Å². The van der Waals surface area contributed by atoms with Crippen molar-refractivity contribution in [2.75, 3.05) is 13.2 Å². The number of hydrogen-bond donors (Lipinski definition) is 3. The number of Topliss-reactive ketones (excluding diaryl/α,β-unsaturated/α-hetero) is 1. The SMILES string of the molecule is CCOCC(C)(C[C@@H](Cc1ccc(-c2cc(Cl)ccc2F)cc1)NC(=O)c1cc(C(C)=O)n[nH]1)C(=O)O. The number of carboxylic acid groups (broad SMARTS) is 1. The van der Waals surface area contributed by atoms with Crippen LogP contribution in [-0.2, 0) is 16.0 Å². The van der Waals surface area contributed by atoms with Crippen molar-refractivity contribution in [1.82, 2.24) is 15.5 Å². The van der Waals surface area contributed by atoms with Crippen LogP contribution in [0, 0.1) is 11.2 Å². The molecule has 0 bridgehead atoms. The molecule has 0 saturated carbocycles. The van der Waals surface area contributed by atoms with Crippen LogP contribution in [0.5, 0.6) is 0 Å². The van der Waals surface area contributed by atoms with Gasteiger partial charge in [-0.1, -0.05) is 35.9 Å². The van der Waals surface area contributed by atoms with Gasteiger partial charge in [0.05, 0.1) is 12.0 Å².